The van der Waals surface area contributed by atoms with Crippen LogP contribution in [0.25, 0.3) is 0 Å². The van der Waals surface area contributed by atoms with Crippen molar-refractivity contribution in [3.8, 4) is 0 Å². The Balaban J connectivity index is 3.76. The van der Waals surface area contributed by atoms with E-state index < -0.39 is 0 Å². The summed E-state index contributed by atoms with van der Waals surface area (Å²) in [7, 11) is 3.14. The van der Waals surface area contributed by atoms with Crippen LogP contribution in [0.1, 0.15) is 46.5 Å². The molecule has 0 bridgehead atoms. The summed E-state index contributed by atoms with van der Waals surface area (Å²) in [6.07, 6.45) is 11.6. The van der Waals surface area contributed by atoms with Gasteiger partial charge in [-0.15, -0.1) is 0 Å². The summed E-state index contributed by atoms with van der Waals surface area (Å²) in [5.41, 5.74) is -0.0151. The van der Waals surface area contributed by atoms with Crippen LogP contribution in [-0.2, 0) is 14.3 Å². The molecule has 1 unspecified atom stereocenters. The van der Waals surface area contributed by atoms with Gasteiger partial charge in [0.1, 0.15) is 0 Å². The highest BCUT2D eigenvalue weighted by Gasteiger charge is 2.15. The molecule has 0 rings (SSSR count). The van der Waals surface area contributed by atoms with Gasteiger partial charge in [-0.05, 0) is 32.6 Å². The minimum Gasteiger partial charge on any atom is -0.466 e. The molecule has 0 aliphatic heterocycles. The summed E-state index contributed by atoms with van der Waals surface area (Å²) in [6, 6.07) is 0. The number of carbonyl (C=O) groups is 1. The zero-order valence-corrected chi connectivity index (χ0v) is 12.9. The lowest BCUT2D eigenvalue weighted by atomic mass is 9.95. The van der Waals surface area contributed by atoms with Crippen molar-refractivity contribution in [3.63, 3.8) is 0 Å². The van der Waals surface area contributed by atoms with Gasteiger partial charge in [0.05, 0.1) is 12.7 Å². The summed E-state index contributed by atoms with van der Waals surface area (Å²) < 4.78 is 9.90. The third kappa shape index (κ3) is 10.5. The molecule has 0 fully saturated rings. The van der Waals surface area contributed by atoms with Crippen molar-refractivity contribution in [2.24, 2.45) is 5.92 Å². The number of hydrogen-bond acceptors (Lipinski definition) is 3. The Hall–Kier alpha value is -1.09. The van der Waals surface area contributed by atoms with Gasteiger partial charge in [0.25, 0.3) is 0 Å². The zero-order chi connectivity index (χ0) is 14.7. The fourth-order valence-electron chi connectivity index (χ4n) is 1.69. The molecule has 3 nitrogen and oxygen atoms in total. The van der Waals surface area contributed by atoms with E-state index in [0.717, 1.165) is 12.8 Å². The number of methoxy groups -OCH3 is 2. The second-order valence-corrected chi connectivity index (χ2v) is 5.51. The van der Waals surface area contributed by atoms with Crippen molar-refractivity contribution in [2.45, 2.75) is 52.1 Å². The summed E-state index contributed by atoms with van der Waals surface area (Å²) in [5, 5.41) is 0. The average Bonchev–Trinajstić information content (AvgIpc) is 2.37. The van der Waals surface area contributed by atoms with Crippen LogP contribution in [0.5, 0.6) is 0 Å². The minimum absolute atomic E-state index is 0.0151. The van der Waals surface area contributed by atoms with E-state index in [9.17, 15) is 4.79 Å². The highest BCUT2D eigenvalue weighted by atomic mass is 16.5. The number of hydrogen-bond donors (Lipinski definition) is 0. The molecule has 0 aliphatic rings. The molecule has 0 saturated heterocycles. The van der Waals surface area contributed by atoms with E-state index >= 15 is 0 Å². The lowest BCUT2D eigenvalue weighted by Crippen LogP contribution is -2.22. The van der Waals surface area contributed by atoms with E-state index in [0.29, 0.717) is 5.92 Å². The molecule has 3 heteroatoms. The van der Waals surface area contributed by atoms with Gasteiger partial charge in [0, 0.05) is 13.2 Å². The standard InChI is InChI=1S/C16H28O3/c1-14(11-9-13-16(2,3)19-5)10-7-6-8-12-15(17)18-4/h6-8,12,14H,9-11,13H2,1-5H3/b7-6+,12-8+. The molecule has 0 saturated carbocycles. The zero-order valence-electron chi connectivity index (χ0n) is 12.9. The normalized spacial score (nSPS) is 14.2. The highest BCUT2D eigenvalue weighted by Crippen LogP contribution is 2.20. The Labute approximate surface area is 117 Å². The third-order valence-corrected chi connectivity index (χ3v) is 3.25. The quantitative estimate of drug-likeness (QED) is 0.361. The molecule has 0 aromatic heterocycles. The second-order valence-electron chi connectivity index (χ2n) is 5.51. The van der Waals surface area contributed by atoms with E-state index in [1.807, 2.05) is 6.08 Å². The van der Waals surface area contributed by atoms with Gasteiger partial charge in [-0.2, -0.15) is 0 Å². The number of allylic oxidation sites excluding steroid dienone is 3. The molecule has 0 spiro atoms. The van der Waals surface area contributed by atoms with Crippen molar-refractivity contribution in [3.05, 3.63) is 24.3 Å². The summed E-state index contributed by atoms with van der Waals surface area (Å²) in [4.78, 5) is 10.8. The lowest BCUT2D eigenvalue weighted by molar-refractivity contribution is -0.134. The summed E-state index contributed by atoms with van der Waals surface area (Å²) >= 11 is 0. The van der Waals surface area contributed by atoms with Crippen molar-refractivity contribution in [1.82, 2.24) is 0 Å². The smallest absolute Gasteiger partial charge is 0.330 e. The van der Waals surface area contributed by atoms with Crippen LogP contribution in [0.3, 0.4) is 0 Å². The Kier molecular flexibility index (Phi) is 9.23. The molecular formula is C16H28O3. The third-order valence-electron chi connectivity index (χ3n) is 3.25. The minimum atomic E-state index is -0.320. The average molecular weight is 268 g/mol. The highest BCUT2D eigenvalue weighted by molar-refractivity contribution is 5.82. The fourth-order valence-corrected chi connectivity index (χ4v) is 1.69. The molecule has 0 amide bonds. The first-order chi connectivity index (χ1) is 8.91. The van der Waals surface area contributed by atoms with E-state index in [-0.39, 0.29) is 11.6 Å². The number of carbonyl (C=O) groups excluding carboxylic acids is 1. The van der Waals surface area contributed by atoms with E-state index in [1.165, 1.54) is 26.0 Å². The largest absolute Gasteiger partial charge is 0.466 e. The van der Waals surface area contributed by atoms with Gasteiger partial charge < -0.3 is 9.47 Å². The fraction of sp³-hybridized carbons (Fsp3) is 0.688. The van der Waals surface area contributed by atoms with Crippen molar-refractivity contribution < 1.29 is 14.3 Å². The van der Waals surface area contributed by atoms with Gasteiger partial charge in [0.2, 0.25) is 0 Å². The number of esters is 1. The predicted octanol–water partition coefficient (Wildman–Crippen LogP) is 3.89. The van der Waals surface area contributed by atoms with Gasteiger partial charge in [-0.3, -0.25) is 0 Å². The first kappa shape index (κ1) is 17.9. The van der Waals surface area contributed by atoms with Crippen molar-refractivity contribution in [1.29, 1.82) is 0 Å². The maximum absolute atomic E-state index is 10.8. The van der Waals surface area contributed by atoms with Crippen molar-refractivity contribution >= 4 is 5.97 Å². The Bertz CT molecular complexity index is 303. The first-order valence-electron chi connectivity index (χ1n) is 6.87. The maximum Gasteiger partial charge on any atom is 0.330 e. The van der Waals surface area contributed by atoms with Crippen LogP contribution in [0.2, 0.25) is 0 Å². The van der Waals surface area contributed by atoms with E-state index in [2.05, 4.69) is 31.6 Å². The molecule has 110 valence electrons. The van der Waals surface area contributed by atoms with Gasteiger partial charge in [0.15, 0.2) is 0 Å². The SMILES string of the molecule is COC(=O)/C=C/C=C/CC(C)CCCC(C)(C)OC. The van der Waals surface area contributed by atoms with Crippen LogP contribution in [0.4, 0.5) is 0 Å². The molecule has 0 radical (unpaired) electrons. The van der Waals surface area contributed by atoms with Crippen LogP contribution in [0.15, 0.2) is 24.3 Å². The molecule has 0 heterocycles. The molecule has 0 aliphatic carbocycles. The molecule has 0 N–H and O–H groups in total. The monoisotopic (exact) mass is 268 g/mol. The van der Waals surface area contributed by atoms with Gasteiger partial charge in [-0.1, -0.05) is 38.0 Å². The Morgan fingerprint density at radius 2 is 1.95 bits per heavy atom. The van der Waals surface area contributed by atoms with E-state index in [1.54, 1.807) is 13.2 Å². The van der Waals surface area contributed by atoms with Crippen LogP contribution < -0.4 is 0 Å². The van der Waals surface area contributed by atoms with Crippen LogP contribution in [0, 0.1) is 5.92 Å². The van der Waals surface area contributed by atoms with Gasteiger partial charge in [-0.25, -0.2) is 4.79 Å². The predicted molar refractivity (Wildman–Crippen MR) is 79.0 cm³/mol. The maximum atomic E-state index is 10.8. The Morgan fingerprint density at radius 3 is 2.53 bits per heavy atom. The lowest BCUT2D eigenvalue weighted by Gasteiger charge is -2.23. The van der Waals surface area contributed by atoms with Crippen molar-refractivity contribution in [2.75, 3.05) is 14.2 Å². The second kappa shape index (κ2) is 9.79. The molecule has 1 atom stereocenters. The molecular weight excluding hydrogens is 240 g/mol. The van der Waals surface area contributed by atoms with Crippen LogP contribution >= 0.6 is 0 Å². The summed E-state index contributed by atoms with van der Waals surface area (Å²) in [6.45, 7) is 6.48. The molecule has 0 aromatic carbocycles. The van der Waals surface area contributed by atoms with E-state index in [4.69, 9.17) is 4.74 Å². The topological polar surface area (TPSA) is 35.5 Å². The summed E-state index contributed by atoms with van der Waals surface area (Å²) in [5.74, 6) is 0.329. The molecule has 19 heavy (non-hydrogen) atoms. The number of ether oxygens (including phenoxy) is 2. The molecule has 0 aromatic rings. The number of rotatable bonds is 9. The Morgan fingerprint density at radius 1 is 1.26 bits per heavy atom. The van der Waals surface area contributed by atoms with Gasteiger partial charge >= 0.3 is 5.97 Å². The first-order valence-corrected chi connectivity index (χ1v) is 6.87. The van der Waals surface area contributed by atoms with Crippen LogP contribution in [-0.4, -0.2) is 25.8 Å².